The number of benzene rings is 1. The number of nitrogens with zero attached hydrogens (tertiary/aromatic N) is 8. The highest BCUT2D eigenvalue weighted by Crippen LogP contribution is 2.27. The van der Waals surface area contributed by atoms with E-state index in [1.807, 2.05) is 48.7 Å². The molecule has 5 rings (SSSR count). The van der Waals surface area contributed by atoms with Crippen molar-refractivity contribution in [3.05, 3.63) is 71.7 Å². The molecule has 170 valence electrons. The molecule has 0 unspecified atom stereocenters. The second kappa shape index (κ2) is 9.77. The summed E-state index contributed by atoms with van der Waals surface area (Å²) in [5.41, 5.74) is 5.32. The van der Waals surface area contributed by atoms with Gasteiger partial charge >= 0.3 is 0 Å². The van der Waals surface area contributed by atoms with Crippen molar-refractivity contribution >= 4 is 5.95 Å². The lowest BCUT2D eigenvalue weighted by Crippen LogP contribution is -2.20. The molecule has 1 aliphatic heterocycles. The van der Waals surface area contributed by atoms with E-state index < -0.39 is 0 Å². The van der Waals surface area contributed by atoms with Crippen LogP contribution in [0.4, 0.5) is 5.95 Å². The van der Waals surface area contributed by atoms with Crippen LogP contribution in [0, 0.1) is 11.3 Å². The van der Waals surface area contributed by atoms with Gasteiger partial charge in [-0.2, -0.15) is 5.26 Å². The van der Waals surface area contributed by atoms with Crippen LogP contribution < -0.4 is 4.90 Å². The van der Waals surface area contributed by atoms with Gasteiger partial charge in [0.2, 0.25) is 5.95 Å². The zero-order valence-corrected chi connectivity index (χ0v) is 18.9. The van der Waals surface area contributed by atoms with Gasteiger partial charge in [-0.1, -0.05) is 23.4 Å². The Bertz CT molecular complexity index is 1340. The summed E-state index contributed by atoms with van der Waals surface area (Å²) in [5.74, 6) is 0.677. The predicted octanol–water partition coefficient (Wildman–Crippen LogP) is 3.46. The molecule has 34 heavy (non-hydrogen) atoms. The molecule has 0 aliphatic carbocycles. The lowest BCUT2D eigenvalue weighted by Gasteiger charge is -2.17. The summed E-state index contributed by atoms with van der Waals surface area (Å²) in [6, 6.07) is 17.4. The molecule has 4 aromatic rings. The van der Waals surface area contributed by atoms with Gasteiger partial charge in [0.1, 0.15) is 5.69 Å². The molecule has 1 aromatic carbocycles. The predicted molar refractivity (Wildman–Crippen MR) is 127 cm³/mol. The Kier molecular flexibility index (Phi) is 6.23. The third-order valence-corrected chi connectivity index (χ3v) is 5.67. The Morgan fingerprint density at radius 3 is 2.56 bits per heavy atom. The Labute approximate surface area is 197 Å². The molecule has 0 saturated carbocycles. The third-order valence-electron chi connectivity index (χ3n) is 5.67. The van der Waals surface area contributed by atoms with E-state index in [0.29, 0.717) is 36.1 Å². The molecule has 0 N–H and O–H groups in total. The first-order valence-corrected chi connectivity index (χ1v) is 11.2. The van der Waals surface area contributed by atoms with E-state index in [1.165, 1.54) is 0 Å². The van der Waals surface area contributed by atoms with Crippen molar-refractivity contribution in [3.63, 3.8) is 0 Å². The molecule has 0 spiro atoms. The highest BCUT2D eigenvalue weighted by Gasteiger charge is 2.19. The SMILES string of the molecule is COCc1cccc(Cn2cc(-c3cc(-c4cccc(C#N)c4)nc(N4CCCC4)n3)nn2)n1. The van der Waals surface area contributed by atoms with Gasteiger partial charge in [0, 0.05) is 25.8 Å². The van der Waals surface area contributed by atoms with Crippen LogP contribution in [0.1, 0.15) is 29.8 Å². The first-order valence-electron chi connectivity index (χ1n) is 11.2. The van der Waals surface area contributed by atoms with Crippen LogP contribution >= 0.6 is 0 Å². The van der Waals surface area contributed by atoms with Crippen LogP contribution in [0.15, 0.2) is 54.7 Å². The smallest absolute Gasteiger partial charge is 0.226 e. The van der Waals surface area contributed by atoms with E-state index in [1.54, 1.807) is 17.9 Å². The molecule has 1 saturated heterocycles. The van der Waals surface area contributed by atoms with Gasteiger partial charge in [0.05, 0.1) is 53.8 Å². The molecule has 0 radical (unpaired) electrons. The highest BCUT2D eigenvalue weighted by atomic mass is 16.5. The molecule has 3 aromatic heterocycles. The van der Waals surface area contributed by atoms with Crippen molar-refractivity contribution < 1.29 is 4.74 Å². The number of rotatable bonds is 7. The molecular weight excluding hydrogens is 428 g/mol. The van der Waals surface area contributed by atoms with E-state index >= 15 is 0 Å². The standard InChI is InChI=1S/C25H24N8O/c1-34-17-21-9-5-8-20(27-21)15-33-16-24(30-31-33)23-13-22(19-7-4-6-18(12-19)14-26)28-25(29-23)32-10-2-3-11-32/h4-9,12-13,16H,2-3,10-11,15,17H2,1H3. The van der Waals surface area contributed by atoms with Gasteiger partial charge in [-0.15, -0.1) is 5.10 Å². The van der Waals surface area contributed by atoms with Gasteiger partial charge < -0.3 is 9.64 Å². The normalized spacial score (nSPS) is 13.2. The van der Waals surface area contributed by atoms with Crippen molar-refractivity contribution in [3.8, 4) is 28.7 Å². The van der Waals surface area contributed by atoms with E-state index in [4.69, 9.17) is 14.7 Å². The van der Waals surface area contributed by atoms with Crippen LogP contribution in [-0.2, 0) is 17.9 Å². The van der Waals surface area contributed by atoms with E-state index in [-0.39, 0.29) is 0 Å². The summed E-state index contributed by atoms with van der Waals surface area (Å²) >= 11 is 0. The molecule has 0 atom stereocenters. The molecule has 1 aliphatic rings. The Morgan fingerprint density at radius 1 is 0.941 bits per heavy atom. The number of anilines is 1. The zero-order valence-electron chi connectivity index (χ0n) is 18.9. The lowest BCUT2D eigenvalue weighted by molar-refractivity contribution is 0.181. The highest BCUT2D eigenvalue weighted by molar-refractivity contribution is 5.68. The molecular formula is C25H24N8O. The first kappa shape index (κ1) is 21.7. The summed E-state index contributed by atoms with van der Waals surface area (Å²) in [5, 5.41) is 18.0. The molecule has 9 nitrogen and oxygen atoms in total. The van der Waals surface area contributed by atoms with Crippen LogP contribution in [-0.4, -0.2) is 50.1 Å². The Morgan fingerprint density at radius 2 is 1.74 bits per heavy atom. The second-order valence-corrected chi connectivity index (χ2v) is 8.18. The fourth-order valence-corrected chi connectivity index (χ4v) is 4.02. The van der Waals surface area contributed by atoms with Crippen LogP contribution in [0.5, 0.6) is 0 Å². The van der Waals surface area contributed by atoms with Gasteiger partial charge in [-0.25, -0.2) is 14.6 Å². The number of aromatic nitrogens is 6. The molecule has 9 heteroatoms. The largest absolute Gasteiger partial charge is 0.378 e. The van der Waals surface area contributed by atoms with Crippen LogP contribution in [0.2, 0.25) is 0 Å². The number of hydrogen-bond donors (Lipinski definition) is 0. The first-order chi connectivity index (χ1) is 16.7. The maximum absolute atomic E-state index is 9.32. The van der Waals surface area contributed by atoms with Crippen LogP contribution in [0.25, 0.3) is 22.6 Å². The van der Waals surface area contributed by atoms with Gasteiger partial charge in [0.25, 0.3) is 0 Å². The summed E-state index contributed by atoms with van der Waals surface area (Å²) < 4.78 is 6.93. The molecule has 4 heterocycles. The van der Waals surface area contributed by atoms with Crippen molar-refractivity contribution in [1.82, 2.24) is 29.9 Å². The monoisotopic (exact) mass is 452 g/mol. The second-order valence-electron chi connectivity index (χ2n) is 8.18. The number of nitriles is 1. The average Bonchev–Trinajstić information content (AvgIpc) is 3.57. The maximum atomic E-state index is 9.32. The third kappa shape index (κ3) is 4.77. The van der Waals surface area contributed by atoms with E-state index in [0.717, 1.165) is 48.6 Å². The minimum Gasteiger partial charge on any atom is -0.378 e. The fraction of sp³-hybridized carbons (Fsp3) is 0.280. The molecule has 1 fully saturated rings. The van der Waals surface area contributed by atoms with Crippen molar-refractivity contribution in [1.29, 1.82) is 5.26 Å². The van der Waals surface area contributed by atoms with Gasteiger partial charge in [-0.05, 0) is 43.2 Å². The van der Waals surface area contributed by atoms with E-state index in [9.17, 15) is 5.26 Å². The van der Waals surface area contributed by atoms with Crippen molar-refractivity contribution in [2.24, 2.45) is 0 Å². The van der Waals surface area contributed by atoms with Crippen molar-refractivity contribution in [2.75, 3.05) is 25.1 Å². The summed E-state index contributed by atoms with van der Waals surface area (Å²) in [6.45, 7) is 2.81. The minimum absolute atomic E-state index is 0.465. The van der Waals surface area contributed by atoms with Crippen molar-refractivity contribution in [2.45, 2.75) is 26.0 Å². The number of pyridine rings is 1. The van der Waals surface area contributed by atoms with Gasteiger partial charge in [0.15, 0.2) is 0 Å². The summed E-state index contributed by atoms with van der Waals surface area (Å²) in [6.07, 6.45) is 4.12. The zero-order chi connectivity index (χ0) is 23.3. The number of ether oxygens (including phenoxy) is 1. The fourth-order valence-electron chi connectivity index (χ4n) is 4.02. The number of methoxy groups -OCH3 is 1. The van der Waals surface area contributed by atoms with Gasteiger partial charge in [-0.3, -0.25) is 4.98 Å². The number of hydrogen-bond acceptors (Lipinski definition) is 8. The maximum Gasteiger partial charge on any atom is 0.226 e. The Hall–Kier alpha value is -4.16. The summed E-state index contributed by atoms with van der Waals surface area (Å²) in [4.78, 5) is 16.4. The lowest BCUT2D eigenvalue weighted by atomic mass is 10.1. The summed E-state index contributed by atoms with van der Waals surface area (Å²) in [7, 11) is 1.65. The Balaban J connectivity index is 1.48. The molecule has 0 amide bonds. The topological polar surface area (TPSA) is 106 Å². The van der Waals surface area contributed by atoms with Crippen LogP contribution in [0.3, 0.4) is 0 Å². The average molecular weight is 453 g/mol. The quantitative estimate of drug-likeness (QED) is 0.420. The minimum atomic E-state index is 0.465. The molecule has 0 bridgehead atoms. The van der Waals surface area contributed by atoms with E-state index in [2.05, 4.69) is 26.3 Å².